The fourth-order valence-corrected chi connectivity index (χ4v) is 3.79. The fraction of sp³-hybridized carbons (Fsp3) is 0.0556. The predicted octanol–water partition coefficient (Wildman–Crippen LogP) is 4.92. The van der Waals surface area contributed by atoms with E-state index in [1.807, 2.05) is 55.6 Å². The van der Waals surface area contributed by atoms with Crippen molar-refractivity contribution in [3.05, 3.63) is 70.7 Å². The number of aromatic amines is 1. The van der Waals surface area contributed by atoms with Gasteiger partial charge in [0.25, 0.3) is 0 Å². The maximum Gasteiger partial charge on any atom is 0.205 e. The van der Waals surface area contributed by atoms with E-state index in [0.29, 0.717) is 0 Å². The van der Waals surface area contributed by atoms with Gasteiger partial charge < -0.3 is 4.98 Å². The van der Waals surface area contributed by atoms with Crippen molar-refractivity contribution in [2.24, 2.45) is 0 Å². The van der Waals surface area contributed by atoms with Gasteiger partial charge in [0.2, 0.25) is 5.78 Å². The molecule has 2 aromatic carbocycles. The molecule has 0 saturated heterocycles. The van der Waals surface area contributed by atoms with Gasteiger partial charge in [-0.3, -0.25) is 4.79 Å². The first-order chi connectivity index (χ1) is 10.2. The van der Waals surface area contributed by atoms with Crippen molar-refractivity contribution in [3.8, 4) is 0 Å². The van der Waals surface area contributed by atoms with Crippen LogP contribution in [-0.2, 0) is 0 Å². The number of fused-ring (bicyclic) bond motifs is 2. The summed E-state index contributed by atoms with van der Waals surface area (Å²) >= 11 is 1.55. The van der Waals surface area contributed by atoms with Crippen molar-refractivity contribution >= 4 is 38.1 Å². The van der Waals surface area contributed by atoms with Crippen molar-refractivity contribution in [2.75, 3.05) is 0 Å². The summed E-state index contributed by atoms with van der Waals surface area (Å²) in [6, 6.07) is 16.1. The molecule has 4 rings (SSSR count). The molecule has 0 bridgehead atoms. The van der Waals surface area contributed by atoms with Crippen molar-refractivity contribution in [3.63, 3.8) is 0 Å². The van der Waals surface area contributed by atoms with Crippen molar-refractivity contribution < 1.29 is 4.79 Å². The number of carbonyl (C=O) groups excluding carboxylic acids is 1. The van der Waals surface area contributed by atoms with Crippen LogP contribution in [0.1, 0.15) is 20.8 Å². The third kappa shape index (κ3) is 1.89. The Morgan fingerprint density at radius 2 is 1.95 bits per heavy atom. The Kier molecular flexibility index (Phi) is 2.69. The molecule has 2 nitrogen and oxygen atoms in total. The van der Waals surface area contributed by atoms with E-state index in [0.717, 1.165) is 37.0 Å². The van der Waals surface area contributed by atoms with Crippen LogP contribution in [0.15, 0.2) is 54.7 Å². The molecule has 0 saturated carbocycles. The highest BCUT2D eigenvalue weighted by Crippen LogP contribution is 2.30. The number of thiophene rings is 1. The fourth-order valence-electron chi connectivity index (χ4n) is 2.77. The first kappa shape index (κ1) is 12.4. The second kappa shape index (κ2) is 4.57. The average molecular weight is 291 g/mol. The standard InChI is InChI=1S/C18H13NOS/c1-11-5-4-7-14-17(11)13(10-19-14)18(20)16-9-12-6-2-3-8-15(12)21-16/h2-10,19H,1H3. The first-order valence-corrected chi connectivity index (χ1v) is 7.65. The number of aromatic nitrogens is 1. The maximum atomic E-state index is 12.8. The molecule has 102 valence electrons. The minimum Gasteiger partial charge on any atom is -0.360 e. The minimum atomic E-state index is 0.0942. The lowest BCUT2D eigenvalue weighted by atomic mass is 10.0. The van der Waals surface area contributed by atoms with E-state index in [1.54, 1.807) is 11.3 Å². The van der Waals surface area contributed by atoms with E-state index < -0.39 is 0 Å². The van der Waals surface area contributed by atoms with E-state index in [2.05, 4.69) is 11.1 Å². The van der Waals surface area contributed by atoms with Crippen LogP contribution in [0.25, 0.3) is 21.0 Å². The van der Waals surface area contributed by atoms with Crippen LogP contribution in [0.3, 0.4) is 0 Å². The molecule has 0 spiro atoms. The molecule has 2 aromatic heterocycles. The molecule has 1 N–H and O–H groups in total. The molecule has 0 fully saturated rings. The smallest absolute Gasteiger partial charge is 0.205 e. The van der Waals surface area contributed by atoms with Gasteiger partial charge in [0, 0.05) is 27.4 Å². The molecule has 0 radical (unpaired) electrons. The van der Waals surface area contributed by atoms with E-state index in [-0.39, 0.29) is 5.78 Å². The normalized spacial score (nSPS) is 11.3. The van der Waals surface area contributed by atoms with Gasteiger partial charge in [0.05, 0.1) is 4.88 Å². The number of aryl methyl sites for hydroxylation is 1. The monoisotopic (exact) mass is 291 g/mol. The summed E-state index contributed by atoms with van der Waals surface area (Å²) in [5.41, 5.74) is 2.90. The quantitative estimate of drug-likeness (QED) is 0.522. The molecule has 0 aliphatic heterocycles. The van der Waals surface area contributed by atoms with Crippen molar-refractivity contribution in [2.45, 2.75) is 6.92 Å². The first-order valence-electron chi connectivity index (χ1n) is 6.84. The highest BCUT2D eigenvalue weighted by Gasteiger charge is 2.17. The van der Waals surface area contributed by atoms with Gasteiger partial charge >= 0.3 is 0 Å². The maximum absolute atomic E-state index is 12.8. The second-order valence-electron chi connectivity index (χ2n) is 5.18. The molecule has 0 unspecified atom stereocenters. The Morgan fingerprint density at radius 1 is 1.10 bits per heavy atom. The van der Waals surface area contributed by atoms with E-state index >= 15 is 0 Å². The van der Waals surface area contributed by atoms with Gasteiger partial charge in [-0.15, -0.1) is 11.3 Å². The Balaban J connectivity index is 1.90. The van der Waals surface area contributed by atoms with Crippen molar-refractivity contribution in [1.29, 1.82) is 0 Å². The number of carbonyl (C=O) groups is 1. The molecule has 21 heavy (non-hydrogen) atoms. The van der Waals surface area contributed by atoms with Crippen LogP contribution in [-0.4, -0.2) is 10.8 Å². The van der Waals surface area contributed by atoms with Crippen LogP contribution < -0.4 is 0 Å². The zero-order valence-corrected chi connectivity index (χ0v) is 12.3. The lowest BCUT2D eigenvalue weighted by Crippen LogP contribution is -1.97. The number of rotatable bonds is 2. The van der Waals surface area contributed by atoms with E-state index in [1.165, 1.54) is 0 Å². The molecule has 0 amide bonds. The Morgan fingerprint density at radius 3 is 2.81 bits per heavy atom. The van der Waals surface area contributed by atoms with Gasteiger partial charge in [-0.1, -0.05) is 30.3 Å². The number of hydrogen-bond acceptors (Lipinski definition) is 2. The van der Waals surface area contributed by atoms with Gasteiger partial charge in [0.1, 0.15) is 0 Å². The predicted molar refractivity (Wildman–Crippen MR) is 88.3 cm³/mol. The third-order valence-corrected chi connectivity index (χ3v) is 4.92. The van der Waals surface area contributed by atoms with Crippen LogP contribution in [0.4, 0.5) is 0 Å². The highest BCUT2D eigenvalue weighted by atomic mass is 32.1. The zero-order valence-electron chi connectivity index (χ0n) is 11.5. The summed E-state index contributed by atoms with van der Waals surface area (Å²) in [4.78, 5) is 16.8. The average Bonchev–Trinajstić information content (AvgIpc) is 3.11. The van der Waals surface area contributed by atoms with Crippen molar-refractivity contribution in [1.82, 2.24) is 4.98 Å². The van der Waals surface area contributed by atoms with Gasteiger partial charge in [-0.2, -0.15) is 0 Å². The number of H-pyrrole nitrogens is 1. The highest BCUT2D eigenvalue weighted by molar-refractivity contribution is 7.21. The summed E-state index contributed by atoms with van der Waals surface area (Å²) in [5, 5.41) is 2.15. The lowest BCUT2D eigenvalue weighted by molar-refractivity contribution is 0.104. The topological polar surface area (TPSA) is 32.9 Å². The van der Waals surface area contributed by atoms with Crippen LogP contribution in [0.5, 0.6) is 0 Å². The molecule has 0 aliphatic rings. The molecular weight excluding hydrogens is 278 g/mol. The Labute approximate surface area is 126 Å². The third-order valence-electron chi connectivity index (χ3n) is 3.81. The lowest BCUT2D eigenvalue weighted by Gasteiger charge is -1.99. The molecule has 3 heteroatoms. The van der Waals surface area contributed by atoms with Gasteiger partial charge in [0.15, 0.2) is 0 Å². The number of hydrogen-bond donors (Lipinski definition) is 1. The molecule has 4 aromatic rings. The largest absolute Gasteiger partial charge is 0.360 e. The summed E-state index contributed by atoms with van der Waals surface area (Å²) in [7, 11) is 0. The Hall–Kier alpha value is -2.39. The molecule has 2 heterocycles. The molecular formula is C18H13NOS. The number of ketones is 1. The van der Waals surface area contributed by atoms with Crippen LogP contribution >= 0.6 is 11.3 Å². The minimum absolute atomic E-state index is 0.0942. The molecule has 0 aliphatic carbocycles. The summed E-state index contributed by atoms with van der Waals surface area (Å²) < 4.78 is 1.15. The van der Waals surface area contributed by atoms with Crippen LogP contribution in [0, 0.1) is 6.92 Å². The molecule has 0 atom stereocenters. The van der Waals surface area contributed by atoms with E-state index in [9.17, 15) is 4.79 Å². The van der Waals surface area contributed by atoms with Gasteiger partial charge in [-0.25, -0.2) is 0 Å². The number of benzene rings is 2. The number of nitrogens with one attached hydrogen (secondary N) is 1. The SMILES string of the molecule is Cc1cccc2[nH]cc(C(=O)c3cc4ccccc4s3)c12. The summed E-state index contributed by atoms with van der Waals surface area (Å²) in [5.74, 6) is 0.0942. The van der Waals surface area contributed by atoms with Crippen LogP contribution in [0.2, 0.25) is 0 Å². The van der Waals surface area contributed by atoms with E-state index in [4.69, 9.17) is 0 Å². The zero-order chi connectivity index (χ0) is 14.4. The summed E-state index contributed by atoms with van der Waals surface area (Å²) in [6.07, 6.45) is 1.82. The van der Waals surface area contributed by atoms with Gasteiger partial charge in [-0.05, 0) is 36.1 Å². The second-order valence-corrected chi connectivity index (χ2v) is 6.26. The summed E-state index contributed by atoms with van der Waals surface area (Å²) in [6.45, 7) is 2.04. The Bertz CT molecular complexity index is 944.